The Kier molecular flexibility index (Phi) is 4.02. The molecule has 3 heterocycles. The first-order valence-corrected chi connectivity index (χ1v) is 9.36. The Morgan fingerprint density at radius 1 is 0.967 bits per heavy atom. The fourth-order valence-electron chi connectivity index (χ4n) is 3.65. The number of rotatable bonds is 3. The normalized spacial score (nSPS) is 11.5. The largest absolute Gasteiger partial charge is 0.375 e. The standard InChI is InChI=1S/C22H18F2N6/c1-28(2)18-10-13(8-9-14(18)23)20-19-15(24)11-29(3)21(19)27-22(26-20)30-12-25-16-6-4-5-7-17(16)30/h4-12H,1-3H3. The molecule has 2 aromatic carbocycles. The predicted molar refractivity (Wildman–Crippen MR) is 113 cm³/mol. The molecule has 0 bridgehead atoms. The summed E-state index contributed by atoms with van der Waals surface area (Å²) >= 11 is 0. The minimum absolute atomic E-state index is 0.294. The van der Waals surface area contributed by atoms with E-state index in [-0.39, 0.29) is 5.82 Å². The van der Waals surface area contributed by atoms with E-state index in [2.05, 4.69) is 15.0 Å². The summed E-state index contributed by atoms with van der Waals surface area (Å²) < 4.78 is 32.4. The molecule has 0 aliphatic heterocycles. The summed E-state index contributed by atoms with van der Waals surface area (Å²) in [6.45, 7) is 0. The third-order valence-corrected chi connectivity index (χ3v) is 5.13. The van der Waals surface area contributed by atoms with Gasteiger partial charge >= 0.3 is 0 Å². The van der Waals surface area contributed by atoms with E-state index >= 15 is 0 Å². The lowest BCUT2D eigenvalue weighted by Crippen LogP contribution is -2.11. The van der Waals surface area contributed by atoms with E-state index in [1.807, 2.05) is 24.3 Å². The number of para-hydroxylation sites is 2. The Balaban J connectivity index is 1.83. The minimum atomic E-state index is -0.430. The summed E-state index contributed by atoms with van der Waals surface area (Å²) in [6, 6.07) is 12.3. The van der Waals surface area contributed by atoms with E-state index in [0.29, 0.717) is 33.9 Å². The molecule has 6 nitrogen and oxygen atoms in total. The fourth-order valence-corrected chi connectivity index (χ4v) is 3.65. The fraction of sp³-hybridized carbons (Fsp3) is 0.136. The van der Waals surface area contributed by atoms with E-state index in [0.717, 1.165) is 11.0 Å². The molecule has 8 heteroatoms. The molecular weight excluding hydrogens is 386 g/mol. The van der Waals surface area contributed by atoms with Crippen LogP contribution in [0.15, 0.2) is 55.0 Å². The first kappa shape index (κ1) is 18.2. The van der Waals surface area contributed by atoms with E-state index < -0.39 is 5.82 Å². The molecule has 0 spiro atoms. The van der Waals surface area contributed by atoms with Crippen LogP contribution in [-0.2, 0) is 7.05 Å². The van der Waals surface area contributed by atoms with Gasteiger partial charge in [-0.25, -0.2) is 18.7 Å². The van der Waals surface area contributed by atoms with Crippen LogP contribution in [-0.4, -0.2) is 38.2 Å². The summed E-state index contributed by atoms with van der Waals surface area (Å²) in [5.41, 5.74) is 3.48. The highest BCUT2D eigenvalue weighted by Crippen LogP contribution is 2.33. The first-order chi connectivity index (χ1) is 14.4. The highest BCUT2D eigenvalue weighted by molar-refractivity contribution is 5.93. The monoisotopic (exact) mass is 404 g/mol. The number of aromatic nitrogens is 5. The van der Waals surface area contributed by atoms with Gasteiger partial charge in [-0.3, -0.25) is 4.57 Å². The Morgan fingerprint density at radius 2 is 1.77 bits per heavy atom. The van der Waals surface area contributed by atoms with Gasteiger partial charge in [0.1, 0.15) is 17.8 Å². The molecule has 3 aromatic heterocycles. The van der Waals surface area contributed by atoms with Gasteiger partial charge in [-0.2, -0.15) is 4.98 Å². The summed E-state index contributed by atoms with van der Waals surface area (Å²) in [5.74, 6) is -0.424. The van der Waals surface area contributed by atoms with Crippen molar-refractivity contribution in [1.82, 2.24) is 24.1 Å². The van der Waals surface area contributed by atoms with E-state index in [4.69, 9.17) is 0 Å². The van der Waals surface area contributed by atoms with Gasteiger partial charge in [0.25, 0.3) is 0 Å². The summed E-state index contributed by atoms with van der Waals surface area (Å²) in [5, 5.41) is 0.294. The number of hydrogen-bond donors (Lipinski definition) is 0. The van der Waals surface area contributed by atoms with Crippen molar-refractivity contribution >= 4 is 27.8 Å². The van der Waals surface area contributed by atoms with Gasteiger partial charge in [-0.05, 0) is 30.3 Å². The second-order valence-electron chi connectivity index (χ2n) is 7.32. The SMILES string of the molecule is CN(C)c1cc(-c2nc(-n3cnc4ccccc43)nc3c2c(F)cn3C)ccc1F. The Morgan fingerprint density at radius 3 is 2.57 bits per heavy atom. The summed E-state index contributed by atoms with van der Waals surface area (Å²) in [6.07, 6.45) is 3.01. The Bertz CT molecular complexity index is 1420. The molecule has 0 saturated carbocycles. The van der Waals surface area contributed by atoms with Crippen molar-refractivity contribution in [3.8, 4) is 17.2 Å². The topological polar surface area (TPSA) is 51.8 Å². The van der Waals surface area contributed by atoms with Crippen LogP contribution in [0.1, 0.15) is 0 Å². The maximum absolute atomic E-state index is 14.8. The lowest BCUT2D eigenvalue weighted by atomic mass is 10.1. The van der Waals surface area contributed by atoms with E-state index in [9.17, 15) is 8.78 Å². The van der Waals surface area contributed by atoms with Crippen LogP contribution in [0.5, 0.6) is 0 Å². The van der Waals surface area contributed by atoms with Gasteiger partial charge in [0, 0.05) is 32.9 Å². The van der Waals surface area contributed by atoms with Crippen LogP contribution in [0.25, 0.3) is 39.3 Å². The second kappa shape index (κ2) is 6.62. The number of fused-ring (bicyclic) bond motifs is 2. The Labute approximate surface area is 171 Å². The molecule has 0 aliphatic rings. The first-order valence-electron chi connectivity index (χ1n) is 9.36. The number of halogens is 2. The quantitative estimate of drug-likeness (QED) is 0.449. The number of aryl methyl sites for hydroxylation is 1. The van der Waals surface area contributed by atoms with Gasteiger partial charge in [-0.15, -0.1) is 0 Å². The zero-order chi connectivity index (χ0) is 21.0. The van der Waals surface area contributed by atoms with Gasteiger partial charge < -0.3 is 9.47 Å². The van der Waals surface area contributed by atoms with E-state index in [1.54, 1.807) is 53.6 Å². The molecule has 150 valence electrons. The maximum Gasteiger partial charge on any atom is 0.238 e. The molecule has 0 amide bonds. The lowest BCUT2D eigenvalue weighted by Gasteiger charge is -2.15. The van der Waals surface area contributed by atoms with Gasteiger partial charge in [-0.1, -0.05) is 12.1 Å². The second-order valence-corrected chi connectivity index (χ2v) is 7.32. The highest BCUT2D eigenvalue weighted by Gasteiger charge is 2.20. The van der Waals surface area contributed by atoms with Crippen molar-refractivity contribution in [1.29, 1.82) is 0 Å². The Hall–Kier alpha value is -3.81. The smallest absolute Gasteiger partial charge is 0.238 e. The zero-order valence-electron chi connectivity index (χ0n) is 16.6. The minimum Gasteiger partial charge on any atom is -0.375 e. The molecule has 30 heavy (non-hydrogen) atoms. The number of imidazole rings is 1. The maximum atomic E-state index is 14.8. The summed E-state index contributed by atoms with van der Waals surface area (Å²) in [4.78, 5) is 15.4. The van der Waals surface area contributed by atoms with Crippen molar-refractivity contribution in [2.24, 2.45) is 7.05 Å². The van der Waals surface area contributed by atoms with Gasteiger partial charge in [0.2, 0.25) is 5.95 Å². The highest BCUT2D eigenvalue weighted by atomic mass is 19.1. The molecular formula is C22H18F2N6. The van der Waals surface area contributed by atoms with Crippen LogP contribution in [0.2, 0.25) is 0 Å². The molecule has 0 radical (unpaired) electrons. The van der Waals surface area contributed by atoms with Crippen molar-refractivity contribution < 1.29 is 8.78 Å². The van der Waals surface area contributed by atoms with Crippen LogP contribution < -0.4 is 4.90 Å². The predicted octanol–water partition coefficient (Wildman–Crippen LogP) is 4.32. The molecule has 0 saturated heterocycles. The van der Waals surface area contributed by atoms with Crippen molar-refractivity contribution in [2.75, 3.05) is 19.0 Å². The number of hydrogen-bond acceptors (Lipinski definition) is 4. The van der Waals surface area contributed by atoms with Crippen LogP contribution in [0.3, 0.4) is 0 Å². The number of benzene rings is 2. The molecule has 0 N–H and O–H groups in total. The van der Waals surface area contributed by atoms with E-state index in [1.165, 1.54) is 12.3 Å². The lowest BCUT2D eigenvalue weighted by molar-refractivity contribution is 0.626. The van der Waals surface area contributed by atoms with Crippen molar-refractivity contribution in [3.63, 3.8) is 0 Å². The summed E-state index contributed by atoms with van der Waals surface area (Å²) in [7, 11) is 5.24. The molecule has 0 unspecified atom stereocenters. The molecule has 0 aliphatic carbocycles. The molecule has 5 rings (SSSR count). The van der Waals surface area contributed by atoms with Gasteiger partial charge in [0.15, 0.2) is 5.82 Å². The number of nitrogens with zero attached hydrogens (tertiary/aromatic N) is 6. The average molecular weight is 404 g/mol. The average Bonchev–Trinajstić information content (AvgIpc) is 3.28. The third kappa shape index (κ3) is 2.72. The van der Waals surface area contributed by atoms with Crippen LogP contribution in [0.4, 0.5) is 14.5 Å². The van der Waals surface area contributed by atoms with Crippen LogP contribution in [0, 0.1) is 11.6 Å². The molecule has 0 atom stereocenters. The van der Waals surface area contributed by atoms with Crippen LogP contribution >= 0.6 is 0 Å². The molecule has 5 aromatic rings. The van der Waals surface area contributed by atoms with Crippen molar-refractivity contribution in [3.05, 3.63) is 66.6 Å². The number of anilines is 1. The third-order valence-electron chi connectivity index (χ3n) is 5.13. The van der Waals surface area contributed by atoms with Crippen molar-refractivity contribution in [2.45, 2.75) is 0 Å². The zero-order valence-corrected chi connectivity index (χ0v) is 16.6. The van der Waals surface area contributed by atoms with Gasteiger partial charge in [0.05, 0.1) is 27.8 Å². The molecule has 0 fully saturated rings.